The van der Waals surface area contributed by atoms with E-state index in [0.717, 1.165) is 24.9 Å². The first-order chi connectivity index (χ1) is 11.2. The Morgan fingerprint density at radius 3 is 2.58 bits per heavy atom. The Bertz CT molecular complexity index is 593. The van der Waals surface area contributed by atoms with Crippen LogP contribution in [0.1, 0.15) is 59.1 Å². The Hall–Kier alpha value is -2.11. The number of aromatic nitrogens is 1. The number of carbonyl (C=O) groups is 2. The number of pyridine rings is 1. The molecule has 0 spiro atoms. The van der Waals surface area contributed by atoms with E-state index in [9.17, 15) is 9.59 Å². The molecule has 1 atom stereocenters. The fraction of sp³-hybridized carbons (Fsp3) is 0.611. The molecule has 1 aliphatic rings. The number of rotatable bonds is 3. The molecule has 1 aromatic rings. The molecule has 24 heavy (non-hydrogen) atoms. The highest BCUT2D eigenvalue weighted by Gasteiger charge is 2.28. The number of hydrogen-bond donors (Lipinski definition) is 0. The second kappa shape index (κ2) is 7.20. The van der Waals surface area contributed by atoms with Gasteiger partial charge in [-0.25, -0.2) is 9.78 Å². The monoisotopic (exact) mass is 333 g/mol. The van der Waals surface area contributed by atoms with E-state index in [1.807, 2.05) is 44.7 Å². The first-order valence-electron chi connectivity index (χ1n) is 8.46. The van der Waals surface area contributed by atoms with Crippen LogP contribution in [-0.4, -0.2) is 40.6 Å². The minimum Gasteiger partial charge on any atom is -0.443 e. The lowest BCUT2D eigenvalue weighted by molar-refractivity contribution is -0.129. The van der Waals surface area contributed by atoms with E-state index < -0.39 is 11.7 Å². The van der Waals surface area contributed by atoms with Crippen LogP contribution in [0.4, 0.5) is 10.6 Å². The van der Waals surface area contributed by atoms with Crippen LogP contribution in [0.2, 0.25) is 0 Å². The van der Waals surface area contributed by atoms with Gasteiger partial charge >= 0.3 is 6.09 Å². The SMILES string of the molecule is CCN(C(=O)OC(C)(C)C)c1ccc([C@H]2CCCN2C(C)=O)cn1. The summed E-state index contributed by atoms with van der Waals surface area (Å²) in [5, 5.41) is 0. The maximum atomic E-state index is 12.3. The molecular formula is C18H27N3O3. The Morgan fingerprint density at radius 1 is 1.38 bits per heavy atom. The van der Waals surface area contributed by atoms with E-state index in [1.165, 1.54) is 4.90 Å². The van der Waals surface area contributed by atoms with Gasteiger partial charge in [-0.1, -0.05) is 6.07 Å². The molecule has 0 aromatic carbocycles. The van der Waals surface area contributed by atoms with Crippen molar-refractivity contribution in [2.45, 2.75) is 59.1 Å². The molecule has 1 aromatic heterocycles. The molecule has 1 aliphatic heterocycles. The zero-order chi connectivity index (χ0) is 17.9. The van der Waals surface area contributed by atoms with Crippen LogP contribution in [0.25, 0.3) is 0 Å². The third kappa shape index (κ3) is 4.24. The summed E-state index contributed by atoms with van der Waals surface area (Å²) in [5.41, 5.74) is 0.461. The highest BCUT2D eigenvalue weighted by molar-refractivity contribution is 5.86. The van der Waals surface area contributed by atoms with Gasteiger partial charge in [0.05, 0.1) is 6.04 Å². The van der Waals surface area contributed by atoms with Gasteiger partial charge in [0.25, 0.3) is 0 Å². The molecule has 0 saturated carbocycles. The number of amides is 2. The van der Waals surface area contributed by atoms with Crippen LogP contribution >= 0.6 is 0 Å². The lowest BCUT2D eigenvalue weighted by Gasteiger charge is -2.27. The van der Waals surface area contributed by atoms with Gasteiger partial charge in [0, 0.05) is 26.2 Å². The zero-order valence-corrected chi connectivity index (χ0v) is 15.2. The van der Waals surface area contributed by atoms with Gasteiger partial charge in [-0.3, -0.25) is 9.69 Å². The van der Waals surface area contributed by atoms with E-state index in [4.69, 9.17) is 4.74 Å². The summed E-state index contributed by atoms with van der Waals surface area (Å²) in [6, 6.07) is 3.85. The molecule has 0 aliphatic carbocycles. The summed E-state index contributed by atoms with van der Waals surface area (Å²) >= 11 is 0. The molecule has 0 bridgehead atoms. The molecule has 2 heterocycles. The predicted octanol–water partition coefficient (Wildman–Crippen LogP) is 3.53. The van der Waals surface area contributed by atoms with Gasteiger partial charge in [0.1, 0.15) is 11.4 Å². The van der Waals surface area contributed by atoms with Gasteiger partial charge in [-0.15, -0.1) is 0 Å². The first-order valence-corrected chi connectivity index (χ1v) is 8.46. The molecule has 1 saturated heterocycles. The first kappa shape index (κ1) is 18.2. The summed E-state index contributed by atoms with van der Waals surface area (Å²) in [5.74, 6) is 0.647. The Kier molecular flexibility index (Phi) is 5.47. The van der Waals surface area contributed by atoms with E-state index in [2.05, 4.69) is 4.98 Å². The van der Waals surface area contributed by atoms with Crippen molar-refractivity contribution in [3.8, 4) is 0 Å². The van der Waals surface area contributed by atoms with Crippen molar-refractivity contribution in [1.29, 1.82) is 0 Å². The Labute approximate surface area is 143 Å². The van der Waals surface area contributed by atoms with Crippen molar-refractivity contribution in [3.05, 3.63) is 23.9 Å². The summed E-state index contributed by atoms with van der Waals surface area (Å²) < 4.78 is 5.42. The highest BCUT2D eigenvalue weighted by atomic mass is 16.6. The highest BCUT2D eigenvalue weighted by Crippen LogP contribution is 2.32. The van der Waals surface area contributed by atoms with Crippen molar-refractivity contribution in [2.24, 2.45) is 0 Å². The number of ether oxygens (including phenoxy) is 1. The number of carbonyl (C=O) groups excluding carboxylic acids is 2. The third-order valence-corrected chi connectivity index (χ3v) is 4.02. The van der Waals surface area contributed by atoms with E-state index >= 15 is 0 Å². The topological polar surface area (TPSA) is 62.7 Å². The molecule has 1 fully saturated rings. The second-order valence-electron chi connectivity index (χ2n) is 7.04. The van der Waals surface area contributed by atoms with Crippen molar-refractivity contribution in [2.75, 3.05) is 18.0 Å². The smallest absolute Gasteiger partial charge is 0.415 e. The largest absolute Gasteiger partial charge is 0.443 e. The van der Waals surface area contributed by atoms with Crippen LogP contribution in [0.15, 0.2) is 18.3 Å². The third-order valence-electron chi connectivity index (χ3n) is 4.02. The number of anilines is 1. The lowest BCUT2D eigenvalue weighted by atomic mass is 10.1. The molecule has 6 heteroatoms. The van der Waals surface area contributed by atoms with E-state index in [0.29, 0.717) is 12.4 Å². The van der Waals surface area contributed by atoms with Crippen LogP contribution in [0.3, 0.4) is 0 Å². The van der Waals surface area contributed by atoms with Gasteiger partial charge in [-0.2, -0.15) is 0 Å². The lowest BCUT2D eigenvalue weighted by Crippen LogP contribution is -2.37. The minimum absolute atomic E-state index is 0.0839. The zero-order valence-electron chi connectivity index (χ0n) is 15.2. The molecule has 0 N–H and O–H groups in total. The van der Waals surface area contributed by atoms with Crippen molar-refractivity contribution in [1.82, 2.24) is 9.88 Å². The van der Waals surface area contributed by atoms with Crippen molar-refractivity contribution >= 4 is 17.8 Å². The summed E-state index contributed by atoms with van der Waals surface area (Å²) in [6.07, 6.45) is 3.31. The average Bonchev–Trinajstić information content (AvgIpc) is 2.96. The maximum Gasteiger partial charge on any atom is 0.415 e. The van der Waals surface area contributed by atoms with Crippen molar-refractivity contribution < 1.29 is 14.3 Å². The van der Waals surface area contributed by atoms with Crippen LogP contribution in [-0.2, 0) is 9.53 Å². The normalized spacial score (nSPS) is 17.7. The van der Waals surface area contributed by atoms with E-state index in [-0.39, 0.29) is 11.9 Å². The second-order valence-corrected chi connectivity index (χ2v) is 7.04. The van der Waals surface area contributed by atoms with Crippen LogP contribution in [0, 0.1) is 0 Å². The van der Waals surface area contributed by atoms with Crippen LogP contribution in [0.5, 0.6) is 0 Å². The molecule has 0 unspecified atom stereocenters. The van der Waals surface area contributed by atoms with Gasteiger partial charge in [0.2, 0.25) is 5.91 Å². The predicted molar refractivity (Wildman–Crippen MR) is 92.9 cm³/mol. The van der Waals surface area contributed by atoms with Crippen molar-refractivity contribution in [3.63, 3.8) is 0 Å². The molecule has 132 valence electrons. The molecule has 6 nitrogen and oxygen atoms in total. The number of likely N-dealkylation sites (tertiary alicyclic amines) is 1. The Balaban J connectivity index is 2.15. The van der Waals surface area contributed by atoms with Gasteiger partial charge < -0.3 is 9.64 Å². The maximum absolute atomic E-state index is 12.3. The molecular weight excluding hydrogens is 306 g/mol. The molecule has 0 radical (unpaired) electrons. The standard InChI is InChI=1S/C18H27N3O3/c1-6-20(17(23)24-18(3,4)5)16-10-9-14(12-19-16)15-8-7-11-21(15)13(2)22/h9-10,12,15H,6-8,11H2,1-5H3/t15-/m1/s1. The summed E-state index contributed by atoms with van der Waals surface area (Å²) in [4.78, 5) is 31.8. The average molecular weight is 333 g/mol. The number of hydrogen-bond acceptors (Lipinski definition) is 4. The fourth-order valence-electron chi connectivity index (χ4n) is 2.95. The Morgan fingerprint density at radius 2 is 2.08 bits per heavy atom. The summed E-state index contributed by atoms with van der Waals surface area (Å²) in [6.45, 7) is 10.3. The molecule has 2 amide bonds. The quantitative estimate of drug-likeness (QED) is 0.849. The number of nitrogens with zero attached hydrogens (tertiary/aromatic N) is 3. The van der Waals surface area contributed by atoms with Gasteiger partial charge in [-0.05, 0) is 52.2 Å². The fourth-order valence-corrected chi connectivity index (χ4v) is 2.95. The van der Waals surface area contributed by atoms with Crippen LogP contribution < -0.4 is 4.90 Å². The summed E-state index contributed by atoms with van der Waals surface area (Å²) in [7, 11) is 0. The minimum atomic E-state index is -0.545. The van der Waals surface area contributed by atoms with Gasteiger partial charge in [0.15, 0.2) is 0 Å². The molecule has 2 rings (SSSR count). The van der Waals surface area contributed by atoms with E-state index in [1.54, 1.807) is 13.1 Å².